The minimum absolute atomic E-state index is 0.0455. The Morgan fingerprint density at radius 3 is 2.37 bits per heavy atom. The second kappa shape index (κ2) is 6.80. The summed E-state index contributed by atoms with van der Waals surface area (Å²) in [7, 11) is 0. The van der Waals surface area contributed by atoms with Crippen LogP contribution in [0.1, 0.15) is 46.0 Å². The summed E-state index contributed by atoms with van der Waals surface area (Å²) in [5.74, 6) is 0.109. The smallest absolute Gasteiger partial charge is 0.342 e. The molecule has 0 aliphatic rings. The molecule has 0 heterocycles. The molecule has 0 saturated carbocycles. The van der Waals surface area contributed by atoms with E-state index >= 15 is 0 Å². The first kappa shape index (κ1) is 15.8. The maximum Gasteiger partial charge on any atom is 0.342 e. The van der Waals surface area contributed by atoms with Gasteiger partial charge in [0, 0.05) is 5.88 Å². The molecule has 1 N–H and O–H groups in total. The molecule has 0 saturated heterocycles. The van der Waals surface area contributed by atoms with E-state index in [0.717, 1.165) is 28.7 Å². The van der Waals surface area contributed by atoms with Crippen LogP contribution in [0.3, 0.4) is 0 Å². The lowest BCUT2D eigenvalue weighted by Gasteiger charge is -2.18. The summed E-state index contributed by atoms with van der Waals surface area (Å²) in [6.07, 6.45) is 1.43. The van der Waals surface area contributed by atoms with Gasteiger partial charge in [0.25, 0.3) is 0 Å². The Hall–Kier alpha value is -1.22. The molecule has 3 nitrogen and oxygen atoms in total. The largest absolute Gasteiger partial charge is 0.507 e. The molecule has 1 aromatic rings. The van der Waals surface area contributed by atoms with E-state index in [4.69, 9.17) is 16.3 Å². The topological polar surface area (TPSA) is 46.5 Å². The summed E-state index contributed by atoms with van der Waals surface area (Å²) in [4.78, 5) is 12.0. The number of carbonyl (C=O) groups excluding carboxylic acids is 1. The van der Waals surface area contributed by atoms with Gasteiger partial charge in [-0.05, 0) is 62.8 Å². The Kier molecular flexibility index (Phi) is 5.67. The average Bonchev–Trinajstić information content (AvgIpc) is 2.37. The van der Waals surface area contributed by atoms with Gasteiger partial charge in [0.05, 0.1) is 6.61 Å². The molecule has 0 atom stereocenters. The Morgan fingerprint density at radius 1 is 1.21 bits per heavy atom. The summed E-state index contributed by atoms with van der Waals surface area (Å²) >= 11 is 5.71. The molecule has 1 aromatic carbocycles. The third kappa shape index (κ3) is 3.21. The normalized spacial score (nSPS) is 10.6. The summed E-state index contributed by atoms with van der Waals surface area (Å²) in [6.45, 7) is 7.79. The molecule has 19 heavy (non-hydrogen) atoms. The van der Waals surface area contributed by atoms with Crippen molar-refractivity contribution < 1.29 is 14.6 Å². The number of carbonyl (C=O) groups is 1. The van der Waals surface area contributed by atoms with Gasteiger partial charge in [-0.1, -0.05) is 0 Å². The van der Waals surface area contributed by atoms with E-state index in [1.165, 1.54) is 0 Å². The Labute approximate surface area is 119 Å². The predicted octanol–water partition coefficient (Wildman–Crippen LogP) is 3.67. The molecule has 0 bridgehead atoms. The number of phenols is 1. The van der Waals surface area contributed by atoms with E-state index in [1.807, 2.05) is 20.8 Å². The van der Waals surface area contributed by atoms with Crippen molar-refractivity contribution in [3.8, 4) is 5.75 Å². The minimum atomic E-state index is -0.465. The van der Waals surface area contributed by atoms with Crippen LogP contribution in [0.2, 0.25) is 0 Å². The number of rotatable bonds is 5. The fourth-order valence-corrected chi connectivity index (χ4v) is 2.34. The molecule has 106 valence electrons. The zero-order valence-corrected chi connectivity index (χ0v) is 12.7. The molecule has 0 aliphatic carbocycles. The lowest BCUT2D eigenvalue weighted by Crippen LogP contribution is -2.11. The predicted molar refractivity (Wildman–Crippen MR) is 77.3 cm³/mol. The van der Waals surface area contributed by atoms with Gasteiger partial charge in [-0.15, -0.1) is 11.6 Å². The van der Waals surface area contributed by atoms with E-state index in [9.17, 15) is 9.90 Å². The highest BCUT2D eigenvalue weighted by molar-refractivity contribution is 6.17. The first-order valence-corrected chi connectivity index (χ1v) is 7.03. The first-order chi connectivity index (χ1) is 8.95. The summed E-state index contributed by atoms with van der Waals surface area (Å²) in [6, 6.07) is 0. The van der Waals surface area contributed by atoms with Crippen molar-refractivity contribution in [3.05, 3.63) is 27.8 Å². The maximum atomic E-state index is 12.0. The van der Waals surface area contributed by atoms with E-state index in [0.29, 0.717) is 18.9 Å². The van der Waals surface area contributed by atoms with Crippen molar-refractivity contribution in [2.75, 3.05) is 12.5 Å². The number of aromatic hydroxyl groups is 1. The van der Waals surface area contributed by atoms with Gasteiger partial charge in [-0.25, -0.2) is 4.79 Å². The van der Waals surface area contributed by atoms with Gasteiger partial charge in [0.15, 0.2) is 0 Å². The number of halogens is 1. The van der Waals surface area contributed by atoms with Crippen LogP contribution in [-0.4, -0.2) is 23.6 Å². The fraction of sp³-hybridized carbons (Fsp3) is 0.533. The van der Waals surface area contributed by atoms with Gasteiger partial charge in [-0.3, -0.25) is 0 Å². The number of benzene rings is 1. The highest BCUT2D eigenvalue weighted by Crippen LogP contribution is 2.33. The van der Waals surface area contributed by atoms with Crippen molar-refractivity contribution in [1.82, 2.24) is 0 Å². The minimum Gasteiger partial charge on any atom is -0.507 e. The molecule has 0 amide bonds. The molecular weight excluding hydrogens is 264 g/mol. The van der Waals surface area contributed by atoms with Crippen LogP contribution in [-0.2, 0) is 11.2 Å². The molecule has 0 unspecified atom stereocenters. The van der Waals surface area contributed by atoms with E-state index in [2.05, 4.69) is 0 Å². The summed E-state index contributed by atoms with van der Waals surface area (Å²) < 4.78 is 5.02. The highest BCUT2D eigenvalue weighted by Gasteiger charge is 2.22. The van der Waals surface area contributed by atoms with Gasteiger partial charge in [-0.2, -0.15) is 0 Å². The van der Waals surface area contributed by atoms with Crippen molar-refractivity contribution in [3.63, 3.8) is 0 Å². The molecule has 0 fully saturated rings. The molecule has 1 rings (SSSR count). The van der Waals surface area contributed by atoms with Crippen LogP contribution in [0, 0.1) is 20.8 Å². The van der Waals surface area contributed by atoms with Crippen molar-refractivity contribution in [1.29, 1.82) is 0 Å². The number of hydrogen-bond donors (Lipinski definition) is 1. The quantitative estimate of drug-likeness (QED) is 0.663. The number of alkyl halides is 1. The zero-order valence-electron chi connectivity index (χ0n) is 12.0. The van der Waals surface area contributed by atoms with Crippen LogP contribution in [0.5, 0.6) is 5.75 Å². The maximum absolute atomic E-state index is 12.0. The molecular formula is C15H21ClO3. The van der Waals surface area contributed by atoms with Crippen LogP contribution in [0.25, 0.3) is 0 Å². The van der Waals surface area contributed by atoms with Gasteiger partial charge in [0.1, 0.15) is 11.3 Å². The van der Waals surface area contributed by atoms with Crippen LogP contribution in [0.15, 0.2) is 0 Å². The van der Waals surface area contributed by atoms with Crippen molar-refractivity contribution in [2.45, 2.75) is 40.5 Å². The molecule has 0 radical (unpaired) electrons. The number of phenolic OH excluding ortho intramolecular Hbond substituents is 1. The van der Waals surface area contributed by atoms with E-state index in [1.54, 1.807) is 6.92 Å². The standard InChI is InChI=1S/C15H21ClO3/c1-5-19-15(18)13-11(4)9(2)10(3)12(14(13)17)7-6-8-16/h17H,5-8H2,1-4H3. The van der Waals surface area contributed by atoms with Crippen molar-refractivity contribution in [2.24, 2.45) is 0 Å². The number of ether oxygens (including phenoxy) is 1. The molecule has 0 aromatic heterocycles. The first-order valence-electron chi connectivity index (χ1n) is 6.50. The molecule has 0 spiro atoms. The third-order valence-electron chi connectivity index (χ3n) is 3.52. The van der Waals surface area contributed by atoms with Crippen LogP contribution in [0.4, 0.5) is 0 Å². The highest BCUT2D eigenvalue weighted by atomic mass is 35.5. The van der Waals surface area contributed by atoms with E-state index in [-0.39, 0.29) is 11.3 Å². The Balaban J connectivity index is 3.38. The molecule has 0 aliphatic heterocycles. The third-order valence-corrected chi connectivity index (χ3v) is 3.78. The van der Waals surface area contributed by atoms with Gasteiger partial charge < -0.3 is 9.84 Å². The van der Waals surface area contributed by atoms with Gasteiger partial charge >= 0.3 is 5.97 Å². The Bertz CT molecular complexity index is 481. The summed E-state index contributed by atoms with van der Waals surface area (Å²) in [5, 5.41) is 10.4. The summed E-state index contributed by atoms with van der Waals surface area (Å²) in [5.41, 5.74) is 3.91. The molecule has 4 heteroatoms. The van der Waals surface area contributed by atoms with E-state index < -0.39 is 5.97 Å². The van der Waals surface area contributed by atoms with Crippen LogP contribution < -0.4 is 0 Å². The second-order valence-electron chi connectivity index (χ2n) is 4.59. The Morgan fingerprint density at radius 2 is 1.84 bits per heavy atom. The number of esters is 1. The van der Waals surface area contributed by atoms with Crippen molar-refractivity contribution >= 4 is 17.6 Å². The SMILES string of the molecule is CCOC(=O)c1c(C)c(C)c(C)c(CCCCl)c1O. The van der Waals surface area contributed by atoms with Crippen LogP contribution >= 0.6 is 11.6 Å². The fourth-order valence-electron chi connectivity index (χ4n) is 2.20. The second-order valence-corrected chi connectivity index (χ2v) is 4.97. The lowest BCUT2D eigenvalue weighted by molar-refractivity contribution is 0.0522. The number of hydrogen-bond acceptors (Lipinski definition) is 3. The van der Waals surface area contributed by atoms with Gasteiger partial charge in [0.2, 0.25) is 0 Å². The monoisotopic (exact) mass is 284 g/mol. The lowest BCUT2D eigenvalue weighted by atomic mass is 9.90. The average molecular weight is 285 g/mol. The zero-order chi connectivity index (χ0) is 14.6.